The second-order valence-electron chi connectivity index (χ2n) is 5.06. The number of rotatable bonds is 4. The Kier molecular flexibility index (Phi) is 5.00. The lowest BCUT2D eigenvalue weighted by Crippen LogP contribution is -2.14. The van der Waals surface area contributed by atoms with Gasteiger partial charge in [0.25, 0.3) is 5.91 Å². The molecule has 116 valence electrons. The molecule has 2 rings (SSSR count). The van der Waals surface area contributed by atoms with Crippen LogP contribution in [-0.4, -0.2) is 11.0 Å². The number of carbonyl (C=O) groups is 1. The zero-order chi connectivity index (χ0) is 16.8. The van der Waals surface area contributed by atoms with Crippen molar-refractivity contribution in [2.75, 3.05) is 10.6 Å². The number of amides is 1. The van der Waals surface area contributed by atoms with Crippen molar-refractivity contribution in [1.29, 1.82) is 5.26 Å². The zero-order valence-corrected chi connectivity index (χ0v) is 12.9. The van der Waals surface area contributed by atoms with Crippen LogP contribution in [0.5, 0.6) is 5.75 Å². The Balaban J connectivity index is 2.12. The number of carbonyl (C=O) groups excluding carboxylic acids is 1. The molecule has 0 aromatic heterocycles. The van der Waals surface area contributed by atoms with Crippen molar-refractivity contribution in [3.63, 3.8) is 0 Å². The van der Waals surface area contributed by atoms with Crippen molar-refractivity contribution in [1.82, 2.24) is 0 Å². The Bertz CT molecular complexity index is 787. The predicted octanol–water partition coefficient (Wildman–Crippen LogP) is 3.47. The highest BCUT2D eigenvalue weighted by Gasteiger charge is 2.09. The van der Waals surface area contributed by atoms with Gasteiger partial charge in [0.2, 0.25) is 0 Å². The van der Waals surface area contributed by atoms with Gasteiger partial charge >= 0.3 is 0 Å². The quantitative estimate of drug-likeness (QED) is 0.459. The number of phenolic OH excluding ortho intramolecular Hbond substituents is 1. The van der Waals surface area contributed by atoms with Crippen LogP contribution in [0.1, 0.15) is 11.1 Å². The number of hydrogen-bond donors (Lipinski definition) is 3. The standard InChI is InChI=1S/C18H17N3O2/c1-12-4-3-5-17(13(12)2)20-11-14(10-19)18(23)21-15-6-8-16(22)9-7-15/h3-9,11,20,22H,1-2H3,(H,21,23)/b14-11-. The monoisotopic (exact) mass is 307 g/mol. The highest BCUT2D eigenvalue weighted by Crippen LogP contribution is 2.18. The van der Waals surface area contributed by atoms with E-state index in [1.165, 1.54) is 18.3 Å². The number of nitrogens with zero attached hydrogens (tertiary/aromatic N) is 1. The molecule has 0 aliphatic heterocycles. The van der Waals surface area contributed by atoms with Crippen LogP contribution >= 0.6 is 0 Å². The van der Waals surface area contributed by atoms with E-state index in [0.29, 0.717) is 5.69 Å². The first-order chi connectivity index (χ1) is 11.0. The van der Waals surface area contributed by atoms with Crippen LogP contribution in [0.4, 0.5) is 11.4 Å². The molecule has 1 amide bonds. The van der Waals surface area contributed by atoms with E-state index < -0.39 is 5.91 Å². The molecule has 0 aliphatic carbocycles. The lowest BCUT2D eigenvalue weighted by Gasteiger charge is -2.09. The number of nitriles is 1. The maximum absolute atomic E-state index is 12.1. The van der Waals surface area contributed by atoms with E-state index in [1.807, 2.05) is 38.1 Å². The van der Waals surface area contributed by atoms with E-state index in [0.717, 1.165) is 16.8 Å². The van der Waals surface area contributed by atoms with Crippen molar-refractivity contribution in [2.24, 2.45) is 0 Å². The molecular formula is C18H17N3O2. The minimum Gasteiger partial charge on any atom is -0.508 e. The fourth-order valence-corrected chi connectivity index (χ4v) is 1.95. The maximum atomic E-state index is 12.1. The molecule has 2 aromatic rings. The molecule has 23 heavy (non-hydrogen) atoms. The van der Waals surface area contributed by atoms with Crippen LogP contribution in [0.2, 0.25) is 0 Å². The molecule has 0 saturated carbocycles. The minimum absolute atomic E-state index is 0.0426. The molecule has 3 N–H and O–H groups in total. The predicted molar refractivity (Wildman–Crippen MR) is 90.0 cm³/mol. The summed E-state index contributed by atoms with van der Waals surface area (Å²) in [6.07, 6.45) is 1.39. The van der Waals surface area contributed by atoms with Gasteiger partial charge in [0, 0.05) is 17.6 Å². The Morgan fingerprint density at radius 3 is 2.52 bits per heavy atom. The fraction of sp³-hybridized carbons (Fsp3) is 0.111. The molecule has 0 heterocycles. The normalized spacial score (nSPS) is 10.7. The number of anilines is 2. The van der Waals surface area contributed by atoms with Crippen LogP contribution in [0, 0.1) is 25.2 Å². The van der Waals surface area contributed by atoms with Gasteiger partial charge in [0.1, 0.15) is 17.4 Å². The summed E-state index contributed by atoms with van der Waals surface area (Å²) in [5, 5.41) is 24.0. The highest BCUT2D eigenvalue weighted by atomic mass is 16.3. The molecule has 5 heteroatoms. The summed E-state index contributed by atoms with van der Waals surface area (Å²) in [4.78, 5) is 12.1. The SMILES string of the molecule is Cc1cccc(N/C=C(/C#N)C(=O)Nc2ccc(O)cc2)c1C. The van der Waals surface area contributed by atoms with Crippen LogP contribution in [0.15, 0.2) is 54.2 Å². The van der Waals surface area contributed by atoms with E-state index in [2.05, 4.69) is 10.6 Å². The third-order valence-electron chi connectivity index (χ3n) is 3.47. The summed E-state index contributed by atoms with van der Waals surface area (Å²) in [5.74, 6) is -0.411. The second-order valence-corrected chi connectivity index (χ2v) is 5.06. The zero-order valence-electron chi connectivity index (χ0n) is 12.9. The average Bonchev–Trinajstić information content (AvgIpc) is 2.54. The molecule has 0 spiro atoms. The van der Waals surface area contributed by atoms with Gasteiger partial charge in [-0.15, -0.1) is 0 Å². The van der Waals surface area contributed by atoms with Crippen molar-refractivity contribution < 1.29 is 9.90 Å². The molecule has 0 bridgehead atoms. The van der Waals surface area contributed by atoms with Gasteiger partial charge in [0.05, 0.1) is 0 Å². The van der Waals surface area contributed by atoms with Crippen LogP contribution in [0.3, 0.4) is 0 Å². The smallest absolute Gasteiger partial charge is 0.267 e. The third-order valence-corrected chi connectivity index (χ3v) is 3.47. The first kappa shape index (κ1) is 16.1. The fourth-order valence-electron chi connectivity index (χ4n) is 1.95. The molecule has 0 aliphatic rings. The third kappa shape index (κ3) is 4.11. The van der Waals surface area contributed by atoms with Crippen molar-refractivity contribution in [3.05, 3.63) is 65.4 Å². The summed E-state index contributed by atoms with van der Waals surface area (Å²) < 4.78 is 0. The van der Waals surface area contributed by atoms with Crippen LogP contribution in [-0.2, 0) is 4.79 Å². The molecule has 0 atom stereocenters. The lowest BCUT2D eigenvalue weighted by atomic mass is 10.1. The summed E-state index contributed by atoms with van der Waals surface area (Å²) in [5.41, 5.74) is 3.48. The second kappa shape index (κ2) is 7.14. The van der Waals surface area contributed by atoms with Crippen molar-refractivity contribution in [3.8, 4) is 11.8 Å². The summed E-state index contributed by atoms with van der Waals surface area (Å²) >= 11 is 0. The van der Waals surface area contributed by atoms with Crippen molar-refractivity contribution >= 4 is 17.3 Å². The molecule has 0 unspecified atom stereocenters. The molecule has 0 radical (unpaired) electrons. The Hall–Kier alpha value is -3.26. The molecule has 0 saturated heterocycles. The van der Waals surface area contributed by atoms with Gasteiger partial charge in [-0.25, -0.2) is 0 Å². The average molecular weight is 307 g/mol. The molecule has 2 aromatic carbocycles. The topological polar surface area (TPSA) is 85.2 Å². The molecule has 0 fully saturated rings. The van der Waals surface area contributed by atoms with Crippen LogP contribution in [0.25, 0.3) is 0 Å². The minimum atomic E-state index is -0.518. The van der Waals surface area contributed by atoms with Crippen molar-refractivity contribution in [2.45, 2.75) is 13.8 Å². The largest absolute Gasteiger partial charge is 0.508 e. The number of aromatic hydroxyl groups is 1. The first-order valence-corrected chi connectivity index (χ1v) is 7.04. The van der Waals surface area contributed by atoms with Gasteiger partial charge in [-0.1, -0.05) is 12.1 Å². The highest BCUT2D eigenvalue weighted by molar-refractivity contribution is 6.06. The molecule has 5 nitrogen and oxygen atoms in total. The number of aryl methyl sites for hydroxylation is 1. The van der Waals surface area contributed by atoms with E-state index in [4.69, 9.17) is 5.26 Å². The Morgan fingerprint density at radius 1 is 1.17 bits per heavy atom. The number of nitrogens with one attached hydrogen (secondary N) is 2. The first-order valence-electron chi connectivity index (χ1n) is 7.04. The van der Waals surface area contributed by atoms with Gasteiger partial charge in [0.15, 0.2) is 0 Å². The Labute approximate surface area is 134 Å². The summed E-state index contributed by atoms with van der Waals surface area (Å²) in [6.45, 7) is 3.96. The van der Waals surface area contributed by atoms with E-state index in [9.17, 15) is 9.90 Å². The van der Waals surface area contributed by atoms with Crippen LogP contribution < -0.4 is 10.6 Å². The molecular weight excluding hydrogens is 290 g/mol. The van der Waals surface area contributed by atoms with Gasteiger partial charge < -0.3 is 15.7 Å². The van der Waals surface area contributed by atoms with Gasteiger partial charge in [-0.3, -0.25) is 4.79 Å². The van der Waals surface area contributed by atoms with E-state index >= 15 is 0 Å². The summed E-state index contributed by atoms with van der Waals surface area (Å²) in [6, 6.07) is 13.7. The Morgan fingerprint density at radius 2 is 1.87 bits per heavy atom. The number of benzene rings is 2. The summed E-state index contributed by atoms with van der Waals surface area (Å²) in [7, 11) is 0. The number of hydrogen-bond acceptors (Lipinski definition) is 4. The number of phenols is 1. The maximum Gasteiger partial charge on any atom is 0.267 e. The van der Waals surface area contributed by atoms with E-state index in [-0.39, 0.29) is 11.3 Å². The van der Waals surface area contributed by atoms with Gasteiger partial charge in [-0.05, 0) is 55.3 Å². The lowest BCUT2D eigenvalue weighted by molar-refractivity contribution is -0.112. The van der Waals surface area contributed by atoms with E-state index in [1.54, 1.807) is 12.1 Å². The van der Waals surface area contributed by atoms with Gasteiger partial charge in [-0.2, -0.15) is 5.26 Å².